The fraction of sp³-hybridized carbons (Fsp3) is 0.367. The topological polar surface area (TPSA) is 118 Å². The van der Waals surface area contributed by atoms with E-state index < -0.39 is 23.3 Å². The van der Waals surface area contributed by atoms with Crippen molar-refractivity contribution in [3.05, 3.63) is 63.5 Å². The fourth-order valence-corrected chi connectivity index (χ4v) is 5.80. The van der Waals surface area contributed by atoms with Gasteiger partial charge in [-0.25, -0.2) is 14.8 Å². The first kappa shape index (κ1) is 31.3. The van der Waals surface area contributed by atoms with Crippen LogP contribution in [0.4, 0.5) is 23.8 Å². The lowest BCUT2D eigenvalue weighted by Gasteiger charge is -2.27. The summed E-state index contributed by atoms with van der Waals surface area (Å²) in [4.78, 5) is 48.6. The minimum absolute atomic E-state index is 0.0421. The predicted molar refractivity (Wildman–Crippen MR) is 162 cm³/mol. The Morgan fingerprint density at radius 2 is 1.86 bits per heavy atom. The number of halogens is 3. The number of rotatable bonds is 8. The van der Waals surface area contributed by atoms with Crippen molar-refractivity contribution in [2.24, 2.45) is 0 Å². The zero-order valence-electron chi connectivity index (χ0n) is 24.3. The average molecular weight is 629 g/mol. The molecule has 44 heavy (non-hydrogen) atoms. The molecular formula is C30H31F3N6O4S. The van der Waals surface area contributed by atoms with Crippen molar-refractivity contribution in [1.29, 1.82) is 0 Å². The van der Waals surface area contributed by atoms with Crippen LogP contribution in [-0.4, -0.2) is 70.1 Å². The number of carbonyl (C=O) groups excluding carboxylic acids is 2. The van der Waals surface area contributed by atoms with E-state index in [4.69, 9.17) is 4.74 Å². The molecule has 5 rings (SSSR count). The number of fused-ring (bicyclic) bond motifs is 1. The highest BCUT2D eigenvalue weighted by Gasteiger charge is 2.34. The number of aromatic nitrogens is 3. The molecule has 1 aromatic carbocycles. The monoisotopic (exact) mass is 628 g/mol. The molecule has 0 bridgehead atoms. The molecule has 1 aliphatic heterocycles. The van der Waals surface area contributed by atoms with Crippen LogP contribution in [0.3, 0.4) is 0 Å². The number of anilines is 1. The van der Waals surface area contributed by atoms with Gasteiger partial charge in [-0.05, 0) is 44.5 Å². The maximum atomic E-state index is 13.5. The molecular weight excluding hydrogens is 597 g/mol. The highest BCUT2D eigenvalue weighted by molar-refractivity contribution is 7.13. The quantitative estimate of drug-likeness (QED) is 0.255. The number of pyridine rings is 2. The lowest BCUT2D eigenvalue weighted by atomic mass is 9.99. The van der Waals surface area contributed by atoms with E-state index in [0.29, 0.717) is 42.9 Å². The van der Waals surface area contributed by atoms with E-state index in [1.807, 2.05) is 4.57 Å². The van der Waals surface area contributed by atoms with Gasteiger partial charge in [-0.1, -0.05) is 6.07 Å². The number of benzene rings is 1. The summed E-state index contributed by atoms with van der Waals surface area (Å²) in [5, 5.41) is 6.54. The zero-order chi connectivity index (χ0) is 31.6. The molecule has 1 fully saturated rings. The molecule has 0 aliphatic carbocycles. The molecule has 14 heteroatoms. The summed E-state index contributed by atoms with van der Waals surface area (Å²) in [5.74, 6) is -0.266. The third kappa shape index (κ3) is 6.98. The van der Waals surface area contributed by atoms with E-state index in [9.17, 15) is 27.6 Å². The van der Waals surface area contributed by atoms with E-state index in [2.05, 4.69) is 25.5 Å². The maximum Gasteiger partial charge on any atom is 0.434 e. The number of ether oxygens (including phenoxy) is 1. The number of amides is 2. The number of nitrogens with zero attached hydrogens (tertiary/aromatic N) is 4. The predicted octanol–water partition coefficient (Wildman–Crippen LogP) is 5.27. The van der Waals surface area contributed by atoms with Crippen LogP contribution in [0.2, 0.25) is 0 Å². The first-order valence-corrected chi connectivity index (χ1v) is 14.9. The van der Waals surface area contributed by atoms with Gasteiger partial charge in [0.15, 0.2) is 16.9 Å². The van der Waals surface area contributed by atoms with Gasteiger partial charge in [0.25, 0.3) is 0 Å². The molecule has 1 aliphatic rings. The molecule has 0 radical (unpaired) electrons. The highest BCUT2D eigenvalue weighted by atomic mass is 32.1. The molecule has 0 unspecified atom stereocenters. The first-order chi connectivity index (χ1) is 20.9. The minimum Gasteiger partial charge on any atom is -0.379 e. The van der Waals surface area contributed by atoms with Gasteiger partial charge in [-0.2, -0.15) is 13.2 Å². The number of Topliss-reactive ketones (excluding diaryl/α,β-unsaturated/α-hetero) is 1. The number of alkyl halides is 3. The van der Waals surface area contributed by atoms with Crippen LogP contribution in [0.15, 0.2) is 46.8 Å². The molecule has 1 saturated heterocycles. The summed E-state index contributed by atoms with van der Waals surface area (Å²) in [5.41, 5.74) is 0.347. The molecule has 0 saturated carbocycles. The summed E-state index contributed by atoms with van der Waals surface area (Å²) in [6.45, 7) is 8.98. The van der Waals surface area contributed by atoms with Crippen LogP contribution >= 0.6 is 11.3 Å². The van der Waals surface area contributed by atoms with Gasteiger partial charge >= 0.3 is 12.2 Å². The van der Waals surface area contributed by atoms with Crippen LogP contribution in [0.25, 0.3) is 32.6 Å². The molecule has 4 heterocycles. The number of ketones is 1. The van der Waals surface area contributed by atoms with E-state index in [1.54, 1.807) is 38.2 Å². The van der Waals surface area contributed by atoms with Crippen molar-refractivity contribution in [1.82, 2.24) is 24.8 Å². The van der Waals surface area contributed by atoms with Crippen LogP contribution in [0.5, 0.6) is 0 Å². The van der Waals surface area contributed by atoms with Crippen molar-refractivity contribution in [3.8, 4) is 21.7 Å². The van der Waals surface area contributed by atoms with Gasteiger partial charge in [-0.15, -0.1) is 11.3 Å². The third-order valence-electron chi connectivity index (χ3n) is 7.12. The third-order valence-corrected chi connectivity index (χ3v) is 8.00. The normalized spacial score (nSPS) is 14.2. The van der Waals surface area contributed by atoms with E-state index in [-0.39, 0.29) is 39.2 Å². The Balaban J connectivity index is 1.60. The maximum absolute atomic E-state index is 13.5. The minimum atomic E-state index is -4.64. The SMILES string of the molecule is CC(=O)c1cn(CCN2CCOCC2)c2ccc(-c3cnc(NC(=O)NC(C)C)cc3-c3nc(C(F)(F)F)cs3)cc2c1=O. The lowest BCUT2D eigenvalue weighted by molar-refractivity contribution is -0.140. The second-order valence-electron chi connectivity index (χ2n) is 10.7. The number of hydrogen-bond donors (Lipinski definition) is 2. The Morgan fingerprint density at radius 1 is 1.11 bits per heavy atom. The van der Waals surface area contributed by atoms with Gasteiger partial charge < -0.3 is 14.6 Å². The molecule has 4 aromatic rings. The molecule has 232 valence electrons. The number of nitrogens with one attached hydrogen (secondary N) is 2. The number of hydrogen-bond acceptors (Lipinski definition) is 8. The molecule has 0 spiro atoms. The van der Waals surface area contributed by atoms with E-state index >= 15 is 0 Å². The molecule has 3 aromatic heterocycles. The van der Waals surface area contributed by atoms with Crippen molar-refractivity contribution < 1.29 is 27.5 Å². The summed E-state index contributed by atoms with van der Waals surface area (Å²) < 4.78 is 47.6. The van der Waals surface area contributed by atoms with Crippen molar-refractivity contribution >= 4 is 39.9 Å². The van der Waals surface area contributed by atoms with Crippen LogP contribution in [-0.2, 0) is 17.5 Å². The van der Waals surface area contributed by atoms with Crippen molar-refractivity contribution in [2.45, 2.75) is 39.5 Å². The number of thiazole rings is 1. The number of urea groups is 1. The standard InChI is InChI=1S/C30H31F3N6O4S/c1-17(2)35-29(42)37-26-13-20(28-36-25(16-44-28)30(31,32)33)22(14-34-26)19-4-5-24-21(12-19)27(41)23(18(3)40)15-39(24)7-6-38-8-10-43-11-9-38/h4-5,12-17H,6-11H2,1-3H3,(H2,34,35,37,42). The molecule has 2 N–H and O–H groups in total. The average Bonchev–Trinajstić information content (AvgIpc) is 3.48. The Labute approximate surface area is 254 Å². The second-order valence-corrected chi connectivity index (χ2v) is 11.6. The van der Waals surface area contributed by atoms with Crippen LogP contribution in [0.1, 0.15) is 36.8 Å². The molecule has 0 atom stereocenters. The van der Waals surface area contributed by atoms with Crippen molar-refractivity contribution in [3.63, 3.8) is 0 Å². The number of morpholine rings is 1. The van der Waals surface area contributed by atoms with Gasteiger partial charge in [0.2, 0.25) is 0 Å². The Hall–Kier alpha value is -4.14. The Bertz CT molecular complexity index is 1760. The Morgan fingerprint density at radius 3 is 2.52 bits per heavy atom. The van der Waals surface area contributed by atoms with Gasteiger partial charge in [-0.3, -0.25) is 19.8 Å². The van der Waals surface area contributed by atoms with Gasteiger partial charge in [0.1, 0.15) is 10.8 Å². The fourth-order valence-electron chi connectivity index (χ4n) is 4.95. The lowest BCUT2D eigenvalue weighted by Crippen LogP contribution is -2.38. The second kappa shape index (κ2) is 12.8. The largest absolute Gasteiger partial charge is 0.434 e. The Kier molecular flexibility index (Phi) is 9.13. The number of carbonyl (C=O) groups is 2. The molecule has 2 amide bonds. The van der Waals surface area contributed by atoms with E-state index in [0.717, 1.165) is 29.8 Å². The van der Waals surface area contributed by atoms with Gasteiger partial charge in [0, 0.05) is 66.5 Å². The summed E-state index contributed by atoms with van der Waals surface area (Å²) >= 11 is 0.801. The first-order valence-electron chi connectivity index (χ1n) is 14.0. The summed E-state index contributed by atoms with van der Waals surface area (Å²) in [7, 11) is 0. The van der Waals surface area contributed by atoms with Crippen molar-refractivity contribution in [2.75, 3.05) is 38.2 Å². The van der Waals surface area contributed by atoms with Gasteiger partial charge in [0.05, 0.1) is 24.3 Å². The van der Waals surface area contributed by atoms with Crippen LogP contribution < -0.4 is 16.1 Å². The highest BCUT2D eigenvalue weighted by Crippen LogP contribution is 2.39. The van der Waals surface area contributed by atoms with E-state index in [1.165, 1.54) is 19.2 Å². The molecule has 10 nitrogen and oxygen atoms in total. The van der Waals surface area contributed by atoms with Crippen LogP contribution in [0, 0.1) is 0 Å². The zero-order valence-corrected chi connectivity index (χ0v) is 25.1. The summed E-state index contributed by atoms with van der Waals surface area (Å²) in [6.07, 6.45) is -1.64. The smallest absolute Gasteiger partial charge is 0.379 e. The summed E-state index contributed by atoms with van der Waals surface area (Å²) in [6, 6.07) is 5.89.